The topological polar surface area (TPSA) is 108 Å². The van der Waals surface area contributed by atoms with Gasteiger partial charge in [0.25, 0.3) is 0 Å². The molecule has 0 aliphatic heterocycles. The third kappa shape index (κ3) is 3.82. The van der Waals surface area contributed by atoms with Crippen molar-refractivity contribution in [3.63, 3.8) is 0 Å². The monoisotopic (exact) mass is 237 g/mol. The highest BCUT2D eigenvalue weighted by molar-refractivity contribution is 5.90. The van der Waals surface area contributed by atoms with E-state index in [4.69, 9.17) is 15.2 Å². The molecule has 3 N–H and O–H groups in total. The second kappa shape index (κ2) is 5.50. The predicted octanol–water partition coefficient (Wildman–Crippen LogP) is 0.320. The van der Waals surface area contributed by atoms with E-state index in [1.165, 1.54) is 25.3 Å². The molecule has 0 heterocycles. The van der Waals surface area contributed by atoms with Crippen LogP contribution in [0.25, 0.3) is 0 Å². The average Bonchev–Trinajstić information content (AvgIpc) is 2.27. The van der Waals surface area contributed by atoms with Crippen LogP contribution in [0, 0.1) is 0 Å². The number of ether oxygens (including phenoxy) is 2. The van der Waals surface area contributed by atoms with Crippen LogP contribution in [-0.4, -0.2) is 25.5 Å². The first kappa shape index (κ1) is 12.5. The molecule has 0 bridgehead atoms. The fraction of sp³-hybridized carbons (Fsp3) is 0.100. The lowest BCUT2D eigenvalue weighted by molar-refractivity contribution is 0.198. The third-order valence-electron chi connectivity index (χ3n) is 1.67. The summed E-state index contributed by atoms with van der Waals surface area (Å²) in [4.78, 5) is 31.9. The van der Waals surface area contributed by atoms with Gasteiger partial charge in [0.1, 0.15) is 11.5 Å². The molecule has 1 radical (unpaired) electrons. The van der Waals surface area contributed by atoms with Crippen LogP contribution in [0.3, 0.4) is 0 Å². The molecule has 7 heteroatoms. The first-order valence-corrected chi connectivity index (χ1v) is 4.40. The molecule has 1 aromatic carbocycles. The van der Waals surface area contributed by atoms with Gasteiger partial charge < -0.3 is 15.2 Å². The Morgan fingerprint density at radius 3 is 2.47 bits per heavy atom. The molecule has 3 amide bonds. The maximum Gasteiger partial charge on any atom is 0.420 e. The van der Waals surface area contributed by atoms with Gasteiger partial charge in [-0.25, -0.2) is 14.9 Å². The third-order valence-corrected chi connectivity index (χ3v) is 1.67. The second-order valence-electron chi connectivity index (χ2n) is 2.88. The van der Waals surface area contributed by atoms with Gasteiger partial charge in [0.2, 0.25) is 6.29 Å². The first-order valence-electron chi connectivity index (χ1n) is 4.40. The zero-order chi connectivity index (χ0) is 12.8. The van der Waals surface area contributed by atoms with Gasteiger partial charge in [-0.05, 0) is 12.1 Å². The van der Waals surface area contributed by atoms with E-state index in [0.29, 0.717) is 5.75 Å². The van der Waals surface area contributed by atoms with Gasteiger partial charge in [0.15, 0.2) is 0 Å². The number of benzene rings is 1. The van der Waals surface area contributed by atoms with Crippen molar-refractivity contribution in [3.05, 3.63) is 23.8 Å². The molecule has 0 fully saturated rings. The zero-order valence-corrected chi connectivity index (χ0v) is 8.85. The van der Waals surface area contributed by atoms with Crippen molar-refractivity contribution in [1.82, 2.24) is 5.32 Å². The quantitative estimate of drug-likeness (QED) is 0.787. The summed E-state index contributed by atoms with van der Waals surface area (Å²) in [5.74, 6) is 0.342. The summed E-state index contributed by atoms with van der Waals surface area (Å²) in [6.45, 7) is 0. The van der Waals surface area contributed by atoms with Crippen molar-refractivity contribution in [2.24, 2.45) is 5.73 Å². The van der Waals surface area contributed by atoms with Gasteiger partial charge in [-0.3, -0.25) is 4.79 Å². The molecule has 0 unspecified atom stereocenters. The van der Waals surface area contributed by atoms with Gasteiger partial charge in [-0.1, -0.05) is 0 Å². The van der Waals surface area contributed by atoms with Crippen LogP contribution in [0.2, 0.25) is 0 Å². The van der Waals surface area contributed by atoms with E-state index in [9.17, 15) is 14.4 Å². The Bertz CT molecular complexity index is 458. The number of hydrogen-bond donors (Lipinski definition) is 2. The lowest BCUT2D eigenvalue weighted by atomic mass is 10.2. The maximum absolute atomic E-state index is 11.0. The summed E-state index contributed by atoms with van der Waals surface area (Å²) in [6, 6.07) is 2.99. The average molecular weight is 237 g/mol. The fourth-order valence-corrected chi connectivity index (χ4v) is 1.04. The summed E-state index contributed by atoms with van der Waals surface area (Å²) in [6.07, 6.45) is 0.570. The van der Waals surface area contributed by atoms with E-state index in [1.54, 1.807) is 11.6 Å². The second-order valence-corrected chi connectivity index (χ2v) is 2.88. The Morgan fingerprint density at radius 2 is 1.94 bits per heavy atom. The number of imide groups is 1. The molecule has 0 spiro atoms. The van der Waals surface area contributed by atoms with Crippen LogP contribution in [0.5, 0.6) is 11.5 Å². The molecule has 0 saturated heterocycles. The van der Waals surface area contributed by atoms with Crippen molar-refractivity contribution in [3.8, 4) is 11.5 Å². The van der Waals surface area contributed by atoms with Crippen molar-refractivity contribution in [1.29, 1.82) is 0 Å². The molecule has 0 aliphatic rings. The van der Waals surface area contributed by atoms with E-state index in [1.807, 2.05) is 0 Å². The molecule has 0 aliphatic carbocycles. The molecule has 0 saturated carbocycles. The number of hydrogen-bond acceptors (Lipinski definition) is 5. The van der Waals surface area contributed by atoms with Crippen LogP contribution in [0.4, 0.5) is 9.59 Å². The molecule has 1 rings (SSSR count). The number of carbonyl (C=O) groups is 2. The number of rotatable bonds is 3. The zero-order valence-electron chi connectivity index (χ0n) is 8.85. The Labute approximate surface area is 96.5 Å². The van der Waals surface area contributed by atoms with Gasteiger partial charge in [-0.15, -0.1) is 0 Å². The molecule has 17 heavy (non-hydrogen) atoms. The minimum atomic E-state index is -1.05. The number of carbonyl (C=O) groups excluding carboxylic acids is 3. The van der Waals surface area contributed by atoms with Gasteiger partial charge in [-0.2, -0.15) is 0 Å². The van der Waals surface area contributed by atoms with Crippen LogP contribution in [-0.2, 0) is 4.79 Å². The largest absolute Gasteiger partial charge is 0.497 e. The lowest BCUT2D eigenvalue weighted by Crippen LogP contribution is -2.36. The molecule has 0 aromatic heterocycles. The van der Waals surface area contributed by atoms with Crippen molar-refractivity contribution >= 4 is 18.4 Å². The normalized spacial score (nSPS) is 9.24. The fourth-order valence-electron chi connectivity index (χ4n) is 1.04. The minimum Gasteiger partial charge on any atom is -0.497 e. The van der Waals surface area contributed by atoms with E-state index < -0.39 is 12.1 Å². The number of amides is 3. The van der Waals surface area contributed by atoms with Crippen LogP contribution < -0.4 is 20.5 Å². The predicted molar refractivity (Wildman–Crippen MR) is 56.5 cm³/mol. The highest BCUT2D eigenvalue weighted by Crippen LogP contribution is 2.21. The van der Waals surface area contributed by atoms with E-state index in [2.05, 4.69) is 0 Å². The number of nitrogens with one attached hydrogen (secondary N) is 1. The van der Waals surface area contributed by atoms with Gasteiger partial charge in [0.05, 0.1) is 7.11 Å². The molecule has 0 atom stereocenters. The summed E-state index contributed by atoms with van der Waals surface area (Å²) < 4.78 is 9.58. The number of methoxy groups -OCH3 is 1. The number of urea groups is 1. The Morgan fingerprint density at radius 1 is 1.29 bits per heavy atom. The Hall–Kier alpha value is -2.57. The Balaban J connectivity index is 2.86. The molecule has 7 nitrogen and oxygen atoms in total. The van der Waals surface area contributed by atoms with Gasteiger partial charge >= 0.3 is 12.1 Å². The highest BCUT2D eigenvalue weighted by atomic mass is 16.6. The van der Waals surface area contributed by atoms with Crippen molar-refractivity contribution in [2.75, 3.05) is 7.11 Å². The van der Waals surface area contributed by atoms with Crippen molar-refractivity contribution in [2.45, 2.75) is 0 Å². The Kier molecular flexibility index (Phi) is 4.04. The van der Waals surface area contributed by atoms with Gasteiger partial charge in [0, 0.05) is 11.6 Å². The number of primary amides is 1. The maximum atomic E-state index is 11.0. The van der Waals surface area contributed by atoms with E-state index >= 15 is 0 Å². The molecular formula is C10H9N2O5. The minimum absolute atomic E-state index is 0.0291. The van der Waals surface area contributed by atoms with Crippen molar-refractivity contribution < 1.29 is 23.9 Å². The van der Waals surface area contributed by atoms with Crippen LogP contribution in [0.15, 0.2) is 18.2 Å². The number of nitrogens with two attached hydrogens (primary N) is 1. The SMILES string of the molecule is COc1cc([C]=O)cc(OC(=O)NC(N)=O)c1. The van der Waals surface area contributed by atoms with E-state index in [-0.39, 0.29) is 11.3 Å². The summed E-state index contributed by atoms with van der Waals surface area (Å²) in [5.41, 5.74) is 4.87. The molecular weight excluding hydrogens is 228 g/mol. The van der Waals surface area contributed by atoms with Crippen LogP contribution in [0.1, 0.15) is 5.56 Å². The summed E-state index contributed by atoms with van der Waals surface area (Å²) in [5, 5.41) is 1.70. The van der Waals surface area contributed by atoms with E-state index in [0.717, 1.165) is 0 Å². The first-order chi connectivity index (χ1) is 8.05. The summed E-state index contributed by atoms with van der Waals surface area (Å²) in [7, 11) is 1.39. The molecule has 1 aromatic rings. The van der Waals surface area contributed by atoms with Crippen LogP contribution >= 0.6 is 0 Å². The highest BCUT2D eigenvalue weighted by Gasteiger charge is 2.09. The summed E-state index contributed by atoms with van der Waals surface area (Å²) >= 11 is 0. The smallest absolute Gasteiger partial charge is 0.420 e. The standard InChI is InChI=1S/C10H9N2O5/c1-16-7-2-6(5-13)3-8(4-7)17-10(15)12-9(11)14/h2-4H,1H3,(H3,11,12,14,15). The lowest BCUT2D eigenvalue weighted by Gasteiger charge is -2.06. The molecule has 89 valence electrons.